The zero-order chi connectivity index (χ0) is 29.2. The monoisotopic (exact) mass is 565 g/mol. The summed E-state index contributed by atoms with van der Waals surface area (Å²) < 4.78 is 4.97. The largest absolute Gasteiger partial charge is 0.469 e. The van der Waals surface area contributed by atoms with Crippen LogP contribution in [-0.4, -0.2) is 54.5 Å². The quantitative estimate of drug-likeness (QED) is 0.264. The SMILES string of the molecule is COC(=O)CC1c2ccccc2C(=O)N(C)c2cc(C(=O)NCC3CCC(Nc4nc5ccccc5[nH]4)CC3)ccc21. The van der Waals surface area contributed by atoms with E-state index in [-0.39, 0.29) is 30.1 Å². The summed E-state index contributed by atoms with van der Waals surface area (Å²) in [4.78, 5) is 48.5. The highest BCUT2D eigenvalue weighted by molar-refractivity contribution is 6.09. The lowest BCUT2D eigenvalue weighted by molar-refractivity contribution is -0.140. The molecular formula is C33H35N5O4. The van der Waals surface area contributed by atoms with Crippen LogP contribution in [-0.2, 0) is 9.53 Å². The van der Waals surface area contributed by atoms with Crippen molar-refractivity contribution in [3.8, 4) is 0 Å². The first-order chi connectivity index (χ1) is 20.4. The maximum atomic E-state index is 13.4. The first kappa shape index (κ1) is 27.5. The van der Waals surface area contributed by atoms with Crippen LogP contribution in [0.15, 0.2) is 66.7 Å². The van der Waals surface area contributed by atoms with Gasteiger partial charge in [0.2, 0.25) is 5.95 Å². The maximum Gasteiger partial charge on any atom is 0.306 e. The minimum atomic E-state index is -0.363. The van der Waals surface area contributed by atoms with Crippen molar-refractivity contribution in [1.29, 1.82) is 0 Å². The van der Waals surface area contributed by atoms with Crippen LogP contribution in [0.2, 0.25) is 0 Å². The smallest absolute Gasteiger partial charge is 0.306 e. The molecule has 6 rings (SSSR count). The van der Waals surface area contributed by atoms with Crippen LogP contribution in [0.3, 0.4) is 0 Å². The van der Waals surface area contributed by atoms with Gasteiger partial charge in [0.25, 0.3) is 11.8 Å². The van der Waals surface area contributed by atoms with Crippen LogP contribution in [0.25, 0.3) is 11.0 Å². The Hall–Kier alpha value is -4.66. The van der Waals surface area contributed by atoms with Gasteiger partial charge in [-0.1, -0.05) is 36.4 Å². The molecule has 1 aliphatic heterocycles. The normalized spacial score (nSPS) is 19.9. The Morgan fingerprint density at radius 3 is 2.55 bits per heavy atom. The standard InChI is InChI=1S/C33H35N5O4/c1-38-29-17-21(13-16-24(29)26(18-30(39)42-2)23-7-3-4-8-25(23)32(38)41)31(40)34-19-20-11-14-22(15-12-20)35-33-36-27-9-5-6-10-28(27)37-33/h3-10,13,16-17,20,22,26H,11-12,14-15,18-19H2,1-2H3,(H,34,40)(H2,35,36,37). The van der Waals surface area contributed by atoms with E-state index in [0.717, 1.165) is 53.8 Å². The Morgan fingerprint density at radius 1 is 1.00 bits per heavy atom. The molecule has 0 bridgehead atoms. The number of methoxy groups -OCH3 is 1. The molecule has 0 spiro atoms. The number of esters is 1. The van der Waals surface area contributed by atoms with Crippen molar-refractivity contribution in [3.63, 3.8) is 0 Å². The van der Waals surface area contributed by atoms with Crippen molar-refractivity contribution >= 4 is 40.5 Å². The third kappa shape index (κ3) is 5.46. The minimum absolute atomic E-state index is 0.0983. The fraction of sp³-hybridized carbons (Fsp3) is 0.333. The van der Waals surface area contributed by atoms with E-state index in [2.05, 4.69) is 20.6 Å². The minimum Gasteiger partial charge on any atom is -0.469 e. The van der Waals surface area contributed by atoms with Crippen LogP contribution >= 0.6 is 0 Å². The molecule has 1 aliphatic carbocycles. The fourth-order valence-electron chi connectivity index (χ4n) is 6.26. The number of carbonyl (C=O) groups is 3. The number of ether oxygens (including phenoxy) is 1. The molecule has 2 heterocycles. The molecule has 216 valence electrons. The Balaban J connectivity index is 1.11. The zero-order valence-corrected chi connectivity index (χ0v) is 23.9. The van der Waals surface area contributed by atoms with Crippen LogP contribution in [0.1, 0.15) is 69.9 Å². The Labute approximate surface area is 244 Å². The van der Waals surface area contributed by atoms with Crippen LogP contribution in [0.4, 0.5) is 11.6 Å². The van der Waals surface area contributed by atoms with Crippen molar-refractivity contribution in [2.75, 3.05) is 30.9 Å². The molecule has 3 N–H and O–H groups in total. The van der Waals surface area contributed by atoms with Gasteiger partial charge in [-0.3, -0.25) is 14.4 Å². The lowest BCUT2D eigenvalue weighted by Crippen LogP contribution is -2.34. The van der Waals surface area contributed by atoms with Gasteiger partial charge in [-0.15, -0.1) is 0 Å². The second kappa shape index (κ2) is 11.7. The van der Waals surface area contributed by atoms with Gasteiger partial charge in [0, 0.05) is 42.4 Å². The second-order valence-electron chi connectivity index (χ2n) is 11.2. The molecule has 0 radical (unpaired) electrons. The fourth-order valence-corrected chi connectivity index (χ4v) is 6.26. The molecule has 1 atom stereocenters. The summed E-state index contributed by atoms with van der Waals surface area (Å²) in [5.74, 6) is 0.126. The number of hydrogen-bond acceptors (Lipinski definition) is 6. The first-order valence-electron chi connectivity index (χ1n) is 14.5. The van der Waals surface area contributed by atoms with Gasteiger partial charge in [-0.05, 0) is 73.1 Å². The van der Waals surface area contributed by atoms with E-state index in [4.69, 9.17) is 4.74 Å². The lowest BCUT2D eigenvalue weighted by Gasteiger charge is -2.29. The number of benzene rings is 3. The number of fused-ring (bicyclic) bond motifs is 3. The van der Waals surface area contributed by atoms with E-state index in [1.54, 1.807) is 30.1 Å². The van der Waals surface area contributed by atoms with Crippen molar-refractivity contribution in [3.05, 3.63) is 89.0 Å². The first-order valence-corrected chi connectivity index (χ1v) is 14.5. The molecular weight excluding hydrogens is 530 g/mol. The molecule has 2 aliphatic rings. The highest BCUT2D eigenvalue weighted by atomic mass is 16.5. The van der Waals surface area contributed by atoms with E-state index in [1.807, 2.05) is 48.5 Å². The third-order valence-electron chi connectivity index (χ3n) is 8.63. The predicted molar refractivity (Wildman–Crippen MR) is 162 cm³/mol. The summed E-state index contributed by atoms with van der Waals surface area (Å²) >= 11 is 0. The molecule has 1 saturated carbocycles. The molecule has 1 aromatic heterocycles. The number of hydrogen-bond donors (Lipinski definition) is 3. The van der Waals surface area contributed by atoms with Crippen molar-refractivity contribution in [1.82, 2.24) is 15.3 Å². The Bertz CT molecular complexity index is 1610. The summed E-state index contributed by atoms with van der Waals surface area (Å²) in [5, 5.41) is 6.65. The molecule has 9 nitrogen and oxygen atoms in total. The van der Waals surface area contributed by atoms with Gasteiger partial charge in [0.1, 0.15) is 0 Å². The van der Waals surface area contributed by atoms with Crippen LogP contribution in [0.5, 0.6) is 0 Å². The number of aromatic nitrogens is 2. The van der Waals surface area contributed by atoms with Gasteiger partial charge >= 0.3 is 5.97 Å². The van der Waals surface area contributed by atoms with Crippen molar-refractivity contribution in [2.45, 2.75) is 44.1 Å². The van der Waals surface area contributed by atoms with Crippen LogP contribution in [0, 0.1) is 5.92 Å². The number of amides is 2. The molecule has 1 fully saturated rings. The lowest BCUT2D eigenvalue weighted by atomic mass is 9.85. The number of para-hydroxylation sites is 2. The number of nitrogens with zero attached hydrogens (tertiary/aromatic N) is 2. The second-order valence-corrected chi connectivity index (χ2v) is 11.2. The number of nitrogens with one attached hydrogen (secondary N) is 3. The Morgan fingerprint density at radius 2 is 1.76 bits per heavy atom. The van der Waals surface area contributed by atoms with Crippen LogP contribution < -0.4 is 15.5 Å². The zero-order valence-electron chi connectivity index (χ0n) is 23.9. The molecule has 9 heteroatoms. The van der Waals surface area contributed by atoms with E-state index in [9.17, 15) is 14.4 Å². The molecule has 0 saturated heterocycles. The summed E-state index contributed by atoms with van der Waals surface area (Å²) in [7, 11) is 3.07. The third-order valence-corrected chi connectivity index (χ3v) is 8.63. The van der Waals surface area contributed by atoms with E-state index in [1.165, 1.54) is 7.11 Å². The van der Waals surface area contributed by atoms with Gasteiger partial charge in [0.05, 0.1) is 24.6 Å². The number of aromatic amines is 1. The number of H-pyrrole nitrogens is 1. The molecule has 1 unspecified atom stereocenters. The Kier molecular flexibility index (Phi) is 7.65. The number of anilines is 2. The van der Waals surface area contributed by atoms with Gasteiger partial charge in [0.15, 0.2) is 0 Å². The van der Waals surface area contributed by atoms with Gasteiger partial charge < -0.3 is 25.3 Å². The molecule has 4 aromatic rings. The average molecular weight is 566 g/mol. The number of carbonyl (C=O) groups excluding carboxylic acids is 3. The number of rotatable bonds is 7. The average Bonchev–Trinajstić information content (AvgIpc) is 3.41. The highest BCUT2D eigenvalue weighted by Gasteiger charge is 2.33. The van der Waals surface area contributed by atoms with E-state index in [0.29, 0.717) is 35.3 Å². The molecule has 2 amide bonds. The van der Waals surface area contributed by atoms with E-state index >= 15 is 0 Å². The summed E-state index contributed by atoms with van der Waals surface area (Å²) in [6.45, 7) is 0.596. The van der Waals surface area contributed by atoms with Gasteiger partial charge in [-0.25, -0.2) is 4.98 Å². The summed E-state index contributed by atoms with van der Waals surface area (Å²) in [5.41, 5.74) is 5.21. The maximum absolute atomic E-state index is 13.4. The number of imidazole rings is 1. The summed E-state index contributed by atoms with van der Waals surface area (Å²) in [6, 6.07) is 21.1. The van der Waals surface area contributed by atoms with Crippen molar-refractivity contribution < 1.29 is 19.1 Å². The predicted octanol–water partition coefficient (Wildman–Crippen LogP) is 5.25. The molecule has 42 heavy (non-hydrogen) atoms. The van der Waals surface area contributed by atoms with Gasteiger partial charge in [-0.2, -0.15) is 0 Å². The van der Waals surface area contributed by atoms with E-state index < -0.39 is 0 Å². The highest BCUT2D eigenvalue weighted by Crippen LogP contribution is 2.40. The topological polar surface area (TPSA) is 116 Å². The molecule has 3 aromatic carbocycles. The van der Waals surface area contributed by atoms with Crippen molar-refractivity contribution in [2.24, 2.45) is 5.92 Å². The summed E-state index contributed by atoms with van der Waals surface area (Å²) in [6.07, 6.45) is 4.12.